The minimum absolute atomic E-state index is 0.917. The molecule has 2 heteroatoms. The second kappa shape index (κ2) is 7.17. The molecule has 0 bridgehead atoms. The minimum Gasteiger partial charge on any atom is -0.303 e. The molecule has 94 valence electrons. The molecule has 1 fully saturated rings. The van der Waals surface area contributed by atoms with Crippen molar-refractivity contribution >= 4 is 15.9 Å². The predicted octanol–water partition coefficient (Wildman–Crippen LogP) is 3.73. The molecule has 1 saturated heterocycles. The van der Waals surface area contributed by atoms with Crippen molar-refractivity contribution < 1.29 is 0 Å². The van der Waals surface area contributed by atoms with Gasteiger partial charge in [0.15, 0.2) is 0 Å². The Morgan fingerprint density at radius 3 is 2.47 bits per heavy atom. The minimum atomic E-state index is 0.917. The quantitative estimate of drug-likeness (QED) is 0.748. The molecule has 1 nitrogen and oxygen atoms in total. The molecule has 17 heavy (non-hydrogen) atoms. The summed E-state index contributed by atoms with van der Waals surface area (Å²) < 4.78 is 0. The van der Waals surface area contributed by atoms with Crippen LogP contribution >= 0.6 is 15.9 Å². The number of piperidine rings is 1. The van der Waals surface area contributed by atoms with Crippen LogP contribution in [-0.2, 0) is 6.42 Å². The molecule has 0 spiro atoms. The highest BCUT2D eigenvalue weighted by molar-refractivity contribution is 9.09. The van der Waals surface area contributed by atoms with Gasteiger partial charge in [-0.25, -0.2) is 0 Å². The van der Waals surface area contributed by atoms with Crippen molar-refractivity contribution in [1.82, 2.24) is 4.90 Å². The van der Waals surface area contributed by atoms with Crippen LogP contribution in [0.4, 0.5) is 0 Å². The number of likely N-dealkylation sites (tertiary alicyclic amines) is 1. The van der Waals surface area contributed by atoms with Gasteiger partial charge in [0.2, 0.25) is 0 Å². The highest BCUT2D eigenvalue weighted by Gasteiger charge is 2.17. The first-order valence-electron chi connectivity index (χ1n) is 6.70. The summed E-state index contributed by atoms with van der Waals surface area (Å²) >= 11 is 3.60. The Balaban J connectivity index is 1.63. The number of halogens is 1. The summed E-state index contributed by atoms with van der Waals surface area (Å²) in [6.45, 7) is 3.86. The molecule has 1 aromatic rings. The number of alkyl halides is 1. The summed E-state index contributed by atoms with van der Waals surface area (Å²) in [5.74, 6) is 0.917. The molecule has 1 aliphatic rings. The Bertz CT molecular complexity index is 304. The van der Waals surface area contributed by atoms with E-state index in [4.69, 9.17) is 0 Å². The summed E-state index contributed by atoms with van der Waals surface area (Å²) in [6.07, 6.45) is 5.26. The topological polar surface area (TPSA) is 3.24 Å². The summed E-state index contributed by atoms with van der Waals surface area (Å²) in [6, 6.07) is 10.8. The van der Waals surface area contributed by atoms with Crippen molar-refractivity contribution in [3.8, 4) is 0 Å². The Hall–Kier alpha value is -0.340. The van der Waals surface area contributed by atoms with Crippen LogP contribution in [0.3, 0.4) is 0 Å². The molecule has 0 N–H and O–H groups in total. The Morgan fingerprint density at radius 2 is 1.82 bits per heavy atom. The first-order valence-corrected chi connectivity index (χ1v) is 7.83. The van der Waals surface area contributed by atoms with Gasteiger partial charge in [0.25, 0.3) is 0 Å². The smallest absolute Gasteiger partial charge is 0.00606 e. The molecule has 2 rings (SSSR count). The molecule has 1 aliphatic heterocycles. The van der Waals surface area contributed by atoms with Gasteiger partial charge in [0.1, 0.15) is 0 Å². The van der Waals surface area contributed by atoms with Crippen molar-refractivity contribution in [3.05, 3.63) is 35.9 Å². The first-order chi connectivity index (χ1) is 8.38. The highest BCUT2D eigenvalue weighted by atomic mass is 79.9. The molecule has 0 atom stereocenters. The monoisotopic (exact) mass is 295 g/mol. The third-order valence-corrected chi connectivity index (χ3v) is 4.62. The van der Waals surface area contributed by atoms with Crippen LogP contribution in [0.1, 0.15) is 24.8 Å². The Labute approximate surface area is 113 Å². The molecule has 0 unspecified atom stereocenters. The van der Waals surface area contributed by atoms with Crippen molar-refractivity contribution in [1.29, 1.82) is 0 Å². The molecule has 0 aliphatic carbocycles. The van der Waals surface area contributed by atoms with Gasteiger partial charge in [0.05, 0.1) is 0 Å². The van der Waals surface area contributed by atoms with Gasteiger partial charge in [-0.1, -0.05) is 46.3 Å². The lowest BCUT2D eigenvalue weighted by molar-refractivity contribution is 0.193. The second-order valence-electron chi connectivity index (χ2n) is 5.03. The Morgan fingerprint density at radius 1 is 1.12 bits per heavy atom. The standard InChI is InChI=1S/C15H22BrN/c16-13-15-8-11-17(12-9-15)10-4-7-14-5-2-1-3-6-14/h1-3,5-6,15H,4,7-13H2. The predicted molar refractivity (Wildman–Crippen MR) is 77.7 cm³/mol. The van der Waals surface area contributed by atoms with Crippen LogP contribution < -0.4 is 0 Å². The number of hydrogen-bond donors (Lipinski definition) is 0. The van der Waals surface area contributed by atoms with E-state index < -0.39 is 0 Å². The zero-order chi connectivity index (χ0) is 11.9. The summed E-state index contributed by atoms with van der Waals surface area (Å²) in [7, 11) is 0. The summed E-state index contributed by atoms with van der Waals surface area (Å²) in [5.41, 5.74) is 1.47. The van der Waals surface area contributed by atoms with E-state index in [2.05, 4.69) is 51.2 Å². The third kappa shape index (κ3) is 4.44. The summed E-state index contributed by atoms with van der Waals surface area (Å²) in [4.78, 5) is 2.63. The zero-order valence-electron chi connectivity index (χ0n) is 10.4. The molecule has 0 saturated carbocycles. The van der Waals surface area contributed by atoms with Gasteiger partial charge >= 0.3 is 0 Å². The van der Waals surface area contributed by atoms with E-state index in [0.29, 0.717) is 0 Å². The van der Waals surface area contributed by atoms with Crippen molar-refractivity contribution in [2.45, 2.75) is 25.7 Å². The van der Waals surface area contributed by atoms with Crippen LogP contribution in [-0.4, -0.2) is 29.9 Å². The van der Waals surface area contributed by atoms with Gasteiger partial charge in [-0.05, 0) is 56.8 Å². The zero-order valence-corrected chi connectivity index (χ0v) is 12.0. The number of rotatable bonds is 5. The van der Waals surface area contributed by atoms with E-state index in [1.807, 2.05) is 0 Å². The van der Waals surface area contributed by atoms with Gasteiger partial charge in [-0.15, -0.1) is 0 Å². The van der Waals surface area contributed by atoms with E-state index in [1.54, 1.807) is 0 Å². The molecule has 0 radical (unpaired) electrons. The lowest BCUT2D eigenvalue weighted by Gasteiger charge is -2.31. The fourth-order valence-corrected chi connectivity index (χ4v) is 3.16. The maximum Gasteiger partial charge on any atom is 0.00606 e. The molecule has 1 aromatic carbocycles. The van der Waals surface area contributed by atoms with Gasteiger partial charge in [-0.3, -0.25) is 0 Å². The van der Waals surface area contributed by atoms with E-state index in [-0.39, 0.29) is 0 Å². The van der Waals surface area contributed by atoms with Crippen molar-refractivity contribution in [3.63, 3.8) is 0 Å². The fourth-order valence-electron chi connectivity index (χ4n) is 2.52. The molecule has 0 amide bonds. The van der Waals surface area contributed by atoms with E-state index in [0.717, 1.165) is 5.92 Å². The van der Waals surface area contributed by atoms with Gasteiger partial charge in [0, 0.05) is 5.33 Å². The molecule has 0 aromatic heterocycles. The average molecular weight is 296 g/mol. The van der Waals surface area contributed by atoms with E-state index in [1.165, 1.54) is 56.2 Å². The number of hydrogen-bond acceptors (Lipinski definition) is 1. The van der Waals surface area contributed by atoms with E-state index in [9.17, 15) is 0 Å². The fraction of sp³-hybridized carbons (Fsp3) is 0.600. The Kier molecular flexibility index (Phi) is 5.53. The SMILES string of the molecule is BrCC1CCN(CCCc2ccccc2)CC1. The lowest BCUT2D eigenvalue weighted by atomic mass is 9.99. The summed E-state index contributed by atoms with van der Waals surface area (Å²) in [5, 5.41) is 1.19. The van der Waals surface area contributed by atoms with Crippen molar-refractivity contribution in [2.75, 3.05) is 25.0 Å². The second-order valence-corrected chi connectivity index (χ2v) is 5.68. The third-order valence-electron chi connectivity index (χ3n) is 3.71. The van der Waals surface area contributed by atoms with Crippen molar-refractivity contribution in [2.24, 2.45) is 5.92 Å². The van der Waals surface area contributed by atoms with Crippen LogP contribution in [0.25, 0.3) is 0 Å². The van der Waals surface area contributed by atoms with Crippen LogP contribution in [0.15, 0.2) is 30.3 Å². The van der Waals surface area contributed by atoms with Crippen LogP contribution in [0.5, 0.6) is 0 Å². The maximum absolute atomic E-state index is 3.60. The average Bonchev–Trinajstić information content (AvgIpc) is 2.41. The number of aryl methyl sites for hydroxylation is 1. The highest BCUT2D eigenvalue weighted by Crippen LogP contribution is 2.19. The lowest BCUT2D eigenvalue weighted by Crippen LogP contribution is -2.34. The van der Waals surface area contributed by atoms with Crippen LogP contribution in [0.2, 0.25) is 0 Å². The van der Waals surface area contributed by atoms with Gasteiger partial charge < -0.3 is 4.90 Å². The normalized spacial score (nSPS) is 18.4. The van der Waals surface area contributed by atoms with Gasteiger partial charge in [-0.2, -0.15) is 0 Å². The number of nitrogens with zero attached hydrogens (tertiary/aromatic N) is 1. The molecule has 1 heterocycles. The first kappa shape index (κ1) is 13.1. The van der Waals surface area contributed by atoms with Crippen LogP contribution in [0, 0.1) is 5.92 Å². The molecular formula is C15H22BrN. The number of benzene rings is 1. The molecular weight excluding hydrogens is 274 g/mol. The van der Waals surface area contributed by atoms with E-state index >= 15 is 0 Å². The largest absolute Gasteiger partial charge is 0.303 e. The maximum atomic E-state index is 3.60.